The van der Waals surface area contributed by atoms with Crippen LogP contribution in [0, 0.1) is 15.9 Å². The SMILES string of the molecule is CCOC(=O)Cc1cnc([N+](=O)[O-])c(C(F)F)c1F. The summed E-state index contributed by atoms with van der Waals surface area (Å²) in [5.41, 5.74) is -1.90. The van der Waals surface area contributed by atoms with Gasteiger partial charge in [-0.2, -0.15) is 0 Å². The molecule has 1 aromatic rings. The zero-order chi connectivity index (χ0) is 14.6. The van der Waals surface area contributed by atoms with Crippen LogP contribution in [0.3, 0.4) is 0 Å². The zero-order valence-corrected chi connectivity index (χ0v) is 9.73. The van der Waals surface area contributed by atoms with E-state index >= 15 is 0 Å². The van der Waals surface area contributed by atoms with Gasteiger partial charge in [0.2, 0.25) is 0 Å². The van der Waals surface area contributed by atoms with Crippen LogP contribution in [-0.2, 0) is 16.0 Å². The summed E-state index contributed by atoms with van der Waals surface area (Å²) in [7, 11) is 0. The first-order valence-electron chi connectivity index (χ1n) is 5.13. The van der Waals surface area contributed by atoms with Crippen LogP contribution in [0.1, 0.15) is 24.5 Å². The molecule has 104 valence electrons. The highest BCUT2D eigenvalue weighted by molar-refractivity contribution is 5.72. The number of carbonyl (C=O) groups excluding carboxylic acids is 1. The van der Waals surface area contributed by atoms with E-state index in [1.54, 1.807) is 0 Å². The van der Waals surface area contributed by atoms with E-state index in [1.807, 2.05) is 0 Å². The van der Waals surface area contributed by atoms with Crippen molar-refractivity contribution >= 4 is 11.8 Å². The molecule has 6 nitrogen and oxygen atoms in total. The van der Waals surface area contributed by atoms with Gasteiger partial charge in [0.1, 0.15) is 12.0 Å². The van der Waals surface area contributed by atoms with Crippen molar-refractivity contribution in [2.24, 2.45) is 0 Å². The number of nitrogens with zero attached hydrogens (tertiary/aromatic N) is 2. The lowest BCUT2D eigenvalue weighted by Crippen LogP contribution is -2.12. The minimum absolute atomic E-state index is 0.0442. The fraction of sp³-hybridized carbons (Fsp3) is 0.400. The number of ether oxygens (including phenoxy) is 1. The Morgan fingerprint density at radius 3 is 2.68 bits per heavy atom. The van der Waals surface area contributed by atoms with Gasteiger partial charge in [0.05, 0.1) is 13.0 Å². The normalized spacial score (nSPS) is 10.6. The molecule has 0 spiro atoms. The molecule has 9 heteroatoms. The van der Waals surface area contributed by atoms with Gasteiger partial charge >= 0.3 is 11.8 Å². The van der Waals surface area contributed by atoms with Crippen molar-refractivity contribution in [3.63, 3.8) is 0 Å². The third kappa shape index (κ3) is 3.39. The van der Waals surface area contributed by atoms with Crippen LogP contribution in [0.25, 0.3) is 0 Å². The summed E-state index contributed by atoms with van der Waals surface area (Å²) in [6.45, 7) is 1.56. The third-order valence-electron chi connectivity index (χ3n) is 2.13. The van der Waals surface area contributed by atoms with Crippen LogP contribution in [-0.4, -0.2) is 22.5 Å². The number of hydrogen-bond acceptors (Lipinski definition) is 5. The summed E-state index contributed by atoms with van der Waals surface area (Å²) in [6, 6.07) is 0. The van der Waals surface area contributed by atoms with Crippen LogP contribution in [0.5, 0.6) is 0 Å². The summed E-state index contributed by atoms with van der Waals surface area (Å²) in [6.07, 6.45) is -3.35. The lowest BCUT2D eigenvalue weighted by atomic mass is 10.1. The molecule has 0 saturated heterocycles. The van der Waals surface area contributed by atoms with E-state index in [2.05, 4.69) is 9.72 Å². The summed E-state index contributed by atoms with van der Waals surface area (Å²) in [5.74, 6) is -3.61. The van der Waals surface area contributed by atoms with E-state index in [-0.39, 0.29) is 6.61 Å². The van der Waals surface area contributed by atoms with E-state index < -0.39 is 46.5 Å². The Morgan fingerprint density at radius 1 is 1.58 bits per heavy atom. The minimum Gasteiger partial charge on any atom is -0.466 e. The van der Waals surface area contributed by atoms with Crippen LogP contribution in [0.2, 0.25) is 0 Å². The summed E-state index contributed by atoms with van der Waals surface area (Å²) < 4.78 is 43.5. The highest BCUT2D eigenvalue weighted by Crippen LogP contribution is 2.31. The standard InChI is InChI=1S/C10H9F3N2O4/c1-2-19-6(16)3-5-4-14-10(15(17)18)7(8(5)11)9(12)13/h4,9H,2-3H2,1H3. The molecular weight excluding hydrogens is 269 g/mol. The van der Waals surface area contributed by atoms with Crippen molar-refractivity contribution in [2.45, 2.75) is 19.8 Å². The summed E-state index contributed by atoms with van der Waals surface area (Å²) in [4.78, 5) is 23.5. The zero-order valence-electron chi connectivity index (χ0n) is 9.73. The quantitative estimate of drug-likeness (QED) is 0.468. The second-order valence-electron chi connectivity index (χ2n) is 3.37. The van der Waals surface area contributed by atoms with Gasteiger partial charge in [0.25, 0.3) is 6.43 Å². The average molecular weight is 278 g/mol. The molecule has 0 aliphatic heterocycles. The Labute approximate surface area is 105 Å². The molecule has 0 N–H and O–H groups in total. The number of esters is 1. The number of pyridine rings is 1. The highest BCUT2D eigenvalue weighted by Gasteiger charge is 2.30. The van der Waals surface area contributed by atoms with Crippen LogP contribution in [0.4, 0.5) is 19.0 Å². The molecule has 0 bridgehead atoms. The number of alkyl halides is 2. The van der Waals surface area contributed by atoms with Crippen molar-refractivity contribution < 1.29 is 27.6 Å². The predicted molar refractivity (Wildman–Crippen MR) is 56.1 cm³/mol. The minimum atomic E-state index is -3.41. The Morgan fingerprint density at radius 2 is 2.21 bits per heavy atom. The number of halogens is 3. The van der Waals surface area contributed by atoms with Crippen LogP contribution >= 0.6 is 0 Å². The summed E-state index contributed by atoms with van der Waals surface area (Å²) in [5, 5.41) is 10.5. The number of carbonyl (C=O) groups is 1. The molecule has 0 atom stereocenters. The average Bonchev–Trinajstić information content (AvgIpc) is 2.30. The summed E-state index contributed by atoms with van der Waals surface area (Å²) >= 11 is 0. The van der Waals surface area contributed by atoms with Crippen molar-refractivity contribution in [3.05, 3.63) is 33.3 Å². The van der Waals surface area contributed by atoms with Gasteiger partial charge in [-0.3, -0.25) is 4.79 Å². The number of aromatic nitrogens is 1. The molecule has 1 heterocycles. The number of nitro groups is 1. The smallest absolute Gasteiger partial charge is 0.375 e. The molecule has 0 aromatic carbocycles. The molecule has 1 rings (SSSR count). The van der Waals surface area contributed by atoms with Gasteiger partial charge in [0, 0.05) is 5.56 Å². The van der Waals surface area contributed by atoms with E-state index in [4.69, 9.17) is 0 Å². The van der Waals surface area contributed by atoms with E-state index in [0.717, 1.165) is 0 Å². The van der Waals surface area contributed by atoms with Crippen molar-refractivity contribution in [3.8, 4) is 0 Å². The van der Waals surface area contributed by atoms with E-state index in [0.29, 0.717) is 6.20 Å². The fourth-order valence-corrected chi connectivity index (χ4v) is 1.37. The van der Waals surface area contributed by atoms with Gasteiger partial charge in [-0.1, -0.05) is 0 Å². The number of hydrogen-bond donors (Lipinski definition) is 0. The van der Waals surface area contributed by atoms with Gasteiger partial charge in [-0.25, -0.2) is 13.2 Å². The van der Waals surface area contributed by atoms with Crippen LogP contribution < -0.4 is 0 Å². The Balaban J connectivity index is 3.20. The molecule has 0 saturated carbocycles. The second-order valence-corrected chi connectivity index (χ2v) is 3.37. The monoisotopic (exact) mass is 278 g/mol. The van der Waals surface area contributed by atoms with Gasteiger partial charge < -0.3 is 14.9 Å². The lowest BCUT2D eigenvalue weighted by molar-refractivity contribution is -0.391. The molecule has 0 radical (unpaired) electrons. The molecule has 0 aliphatic rings. The van der Waals surface area contributed by atoms with Gasteiger partial charge in [0.15, 0.2) is 5.56 Å². The van der Waals surface area contributed by atoms with Gasteiger partial charge in [-0.05, 0) is 16.8 Å². The number of rotatable bonds is 5. The fourth-order valence-electron chi connectivity index (χ4n) is 1.37. The highest BCUT2D eigenvalue weighted by atomic mass is 19.3. The maximum Gasteiger partial charge on any atom is 0.375 e. The molecule has 1 aromatic heterocycles. The van der Waals surface area contributed by atoms with E-state index in [9.17, 15) is 28.1 Å². The van der Waals surface area contributed by atoms with Gasteiger partial charge in [-0.15, -0.1) is 0 Å². The van der Waals surface area contributed by atoms with Crippen molar-refractivity contribution in [1.29, 1.82) is 0 Å². The van der Waals surface area contributed by atoms with Crippen LogP contribution in [0.15, 0.2) is 6.20 Å². The van der Waals surface area contributed by atoms with Crippen molar-refractivity contribution in [2.75, 3.05) is 6.61 Å². The lowest BCUT2D eigenvalue weighted by Gasteiger charge is -2.06. The first-order chi connectivity index (χ1) is 8.88. The topological polar surface area (TPSA) is 82.3 Å². The molecule has 0 fully saturated rings. The largest absolute Gasteiger partial charge is 0.466 e. The maximum atomic E-state index is 13.7. The molecule has 0 aliphatic carbocycles. The Hall–Kier alpha value is -2.19. The Bertz CT molecular complexity index is 508. The molecule has 0 unspecified atom stereocenters. The predicted octanol–water partition coefficient (Wildman–Crippen LogP) is 2.17. The third-order valence-corrected chi connectivity index (χ3v) is 2.13. The van der Waals surface area contributed by atoms with E-state index in [1.165, 1.54) is 6.92 Å². The second kappa shape index (κ2) is 6.12. The Kier molecular flexibility index (Phi) is 4.79. The molecule has 19 heavy (non-hydrogen) atoms. The first kappa shape index (κ1) is 14.9. The molecular formula is C10H9F3N2O4. The van der Waals surface area contributed by atoms with Crippen molar-refractivity contribution in [1.82, 2.24) is 4.98 Å². The maximum absolute atomic E-state index is 13.7. The first-order valence-corrected chi connectivity index (χ1v) is 5.13. The molecule has 0 amide bonds.